The first-order valence-electron chi connectivity index (χ1n) is 11.1. The molecule has 1 aliphatic carbocycles. The third-order valence-electron chi connectivity index (χ3n) is 5.67. The number of carboxylic acid groups (broad SMARTS) is 1. The molecule has 2 heterocycles. The molecule has 3 rings (SSSR count). The highest BCUT2D eigenvalue weighted by molar-refractivity contribution is 5.62. The van der Waals surface area contributed by atoms with Gasteiger partial charge < -0.3 is 5.11 Å². The van der Waals surface area contributed by atoms with Crippen LogP contribution in [0, 0.1) is 13.8 Å². The Labute approximate surface area is 181 Å². The molecule has 0 saturated heterocycles. The third kappa shape index (κ3) is 7.52. The number of nitrogens with zero attached hydrogens (tertiary/aromatic N) is 3. The molecule has 164 valence electrons. The van der Waals surface area contributed by atoms with E-state index in [0.717, 1.165) is 20.0 Å². The van der Waals surface area contributed by atoms with E-state index in [9.17, 15) is 0 Å². The van der Waals surface area contributed by atoms with Gasteiger partial charge in [-0.05, 0) is 55.4 Å². The lowest BCUT2D eigenvalue weighted by Gasteiger charge is -2.34. The van der Waals surface area contributed by atoms with Gasteiger partial charge in [-0.1, -0.05) is 45.2 Å². The van der Waals surface area contributed by atoms with E-state index in [4.69, 9.17) is 19.9 Å². The van der Waals surface area contributed by atoms with Crippen LogP contribution in [-0.4, -0.2) is 32.0 Å². The van der Waals surface area contributed by atoms with Crippen molar-refractivity contribution < 1.29 is 9.90 Å². The number of pyridine rings is 2. The fraction of sp³-hybridized carbons (Fsp3) is 0.560. The van der Waals surface area contributed by atoms with E-state index in [2.05, 4.69) is 50.8 Å². The van der Waals surface area contributed by atoms with Crippen LogP contribution < -0.4 is 0 Å². The van der Waals surface area contributed by atoms with Crippen molar-refractivity contribution in [2.75, 3.05) is 0 Å². The predicted octanol–water partition coefficient (Wildman–Crippen LogP) is 5.64. The van der Waals surface area contributed by atoms with Gasteiger partial charge in [-0.3, -0.25) is 19.7 Å². The average Bonchev–Trinajstić information content (AvgIpc) is 2.70. The highest BCUT2D eigenvalue weighted by Gasteiger charge is 2.24. The number of aromatic nitrogens is 2. The summed E-state index contributed by atoms with van der Waals surface area (Å²) < 4.78 is 0. The molecule has 0 amide bonds. The van der Waals surface area contributed by atoms with E-state index in [0.29, 0.717) is 12.0 Å². The van der Waals surface area contributed by atoms with E-state index in [1.807, 2.05) is 12.4 Å². The van der Waals surface area contributed by atoms with Crippen molar-refractivity contribution in [2.45, 2.75) is 91.8 Å². The second-order valence-corrected chi connectivity index (χ2v) is 8.69. The summed E-state index contributed by atoms with van der Waals surface area (Å²) in [5, 5.41) is 7.42. The minimum absolute atomic E-state index is 0.506. The molecule has 5 heteroatoms. The van der Waals surface area contributed by atoms with Crippen LogP contribution in [-0.2, 0) is 17.9 Å². The molecule has 0 aromatic carbocycles. The predicted molar refractivity (Wildman–Crippen MR) is 121 cm³/mol. The van der Waals surface area contributed by atoms with Crippen molar-refractivity contribution in [1.29, 1.82) is 0 Å². The van der Waals surface area contributed by atoms with Gasteiger partial charge in [-0.2, -0.15) is 0 Å². The van der Waals surface area contributed by atoms with Gasteiger partial charge >= 0.3 is 0 Å². The number of carbonyl (C=O) groups is 1. The Morgan fingerprint density at radius 1 is 1.13 bits per heavy atom. The van der Waals surface area contributed by atoms with Crippen LogP contribution in [0.5, 0.6) is 0 Å². The van der Waals surface area contributed by atoms with Gasteiger partial charge in [0, 0.05) is 38.4 Å². The molecule has 0 bridgehead atoms. The lowest BCUT2D eigenvalue weighted by Crippen LogP contribution is -2.36. The molecule has 2 aromatic heterocycles. The average molecular weight is 412 g/mol. The van der Waals surface area contributed by atoms with Gasteiger partial charge in [0.05, 0.1) is 11.4 Å². The summed E-state index contributed by atoms with van der Waals surface area (Å²) in [7, 11) is 0. The van der Waals surface area contributed by atoms with Crippen molar-refractivity contribution in [2.24, 2.45) is 0 Å². The van der Waals surface area contributed by atoms with Gasteiger partial charge in [0.25, 0.3) is 5.97 Å². The first kappa shape index (κ1) is 24.0. The highest BCUT2D eigenvalue weighted by Crippen LogP contribution is 2.27. The van der Waals surface area contributed by atoms with E-state index < -0.39 is 5.97 Å². The summed E-state index contributed by atoms with van der Waals surface area (Å²) in [6.07, 6.45) is 10.6. The summed E-state index contributed by atoms with van der Waals surface area (Å²) in [5.74, 6) is -0.328. The van der Waals surface area contributed by atoms with Gasteiger partial charge in [0.15, 0.2) is 0 Å². The molecule has 2 aromatic rings. The lowest BCUT2D eigenvalue weighted by molar-refractivity contribution is -0.134. The lowest BCUT2D eigenvalue weighted by atomic mass is 9.93. The molecule has 0 unspecified atom stereocenters. The number of rotatable bonds is 6. The van der Waals surface area contributed by atoms with Crippen LogP contribution >= 0.6 is 0 Å². The standard InChI is InChI=1S/C23H33N3.C2H4O2/c1-17(2)21-11-8-12-24-23(21)16-26(20-9-6-5-7-10-20)15-22-19(4)13-18(3)14-25-22;1-2(3)4/h8,11-14,17,20H,5-7,9-10,15-16H2,1-4H3;1H3,(H,3,4). The summed E-state index contributed by atoms with van der Waals surface area (Å²) in [6.45, 7) is 11.8. The number of hydrogen-bond donors (Lipinski definition) is 1. The molecule has 0 atom stereocenters. The maximum absolute atomic E-state index is 9.00. The number of carboxylic acids is 1. The first-order valence-corrected chi connectivity index (χ1v) is 11.1. The topological polar surface area (TPSA) is 66.3 Å². The number of aryl methyl sites for hydroxylation is 2. The highest BCUT2D eigenvalue weighted by atomic mass is 16.4. The number of hydrogen-bond acceptors (Lipinski definition) is 4. The monoisotopic (exact) mass is 411 g/mol. The third-order valence-corrected chi connectivity index (χ3v) is 5.67. The van der Waals surface area contributed by atoms with Crippen LogP contribution in [0.1, 0.15) is 86.9 Å². The van der Waals surface area contributed by atoms with Crippen LogP contribution in [0.2, 0.25) is 0 Å². The fourth-order valence-electron chi connectivity index (χ4n) is 4.16. The maximum Gasteiger partial charge on any atom is 0.300 e. The normalized spacial score (nSPS) is 14.5. The van der Waals surface area contributed by atoms with Crippen molar-refractivity contribution in [1.82, 2.24) is 14.9 Å². The minimum atomic E-state index is -0.833. The van der Waals surface area contributed by atoms with E-state index in [1.165, 1.54) is 60.2 Å². The minimum Gasteiger partial charge on any atom is -0.481 e. The molecule has 1 saturated carbocycles. The molecule has 1 aliphatic rings. The van der Waals surface area contributed by atoms with Crippen LogP contribution in [0.4, 0.5) is 0 Å². The number of aliphatic carboxylic acids is 1. The molecule has 0 spiro atoms. The fourth-order valence-corrected chi connectivity index (χ4v) is 4.16. The summed E-state index contributed by atoms with van der Waals surface area (Å²) in [6, 6.07) is 7.20. The molecule has 1 N–H and O–H groups in total. The zero-order valence-electron chi connectivity index (χ0n) is 19.2. The van der Waals surface area contributed by atoms with Crippen molar-refractivity contribution in [3.8, 4) is 0 Å². The quantitative estimate of drug-likeness (QED) is 0.666. The maximum atomic E-state index is 9.00. The molecule has 30 heavy (non-hydrogen) atoms. The summed E-state index contributed by atoms with van der Waals surface area (Å²) in [4.78, 5) is 21.1. The van der Waals surface area contributed by atoms with Crippen molar-refractivity contribution in [3.63, 3.8) is 0 Å². The Bertz CT molecular complexity index is 810. The van der Waals surface area contributed by atoms with Crippen LogP contribution in [0.25, 0.3) is 0 Å². The summed E-state index contributed by atoms with van der Waals surface area (Å²) in [5.41, 5.74) is 6.36. The van der Waals surface area contributed by atoms with E-state index in [-0.39, 0.29) is 0 Å². The Morgan fingerprint density at radius 3 is 2.37 bits per heavy atom. The smallest absolute Gasteiger partial charge is 0.300 e. The largest absolute Gasteiger partial charge is 0.481 e. The van der Waals surface area contributed by atoms with E-state index in [1.54, 1.807) is 0 Å². The zero-order valence-corrected chi connectivity index (χ0v) is 19.2. The molecule has 1 fully saturated rings. The molecule has 0 radical (unpaired) electrons. The Balaban J connectivity index is 0.000000735. The second kappa shape index (κ2) is 11.8. The SMILES string of the molecule is CC(=O)O.Cc1cnc(CN(Cc2ncccc2C(C)C)C2CCCCC2)c(C)c1. The second-order valence-electron chi connectivity index (χ2n) is 8.69. The molecular weight excluding hydrogens is 374 g/mol. The zero-order chi connectivity index (χ0) is 22.1. The Kier molecular flexibility index (Phi) is 9.44. The summed E-state index contributed by atoms with van der Waals surface area (Å²) >= 11 is 0. The van der Waals surface area contributed by atoms with Crippen LogP contribution in [0.3, 0.4) is 0 Å². The van der Waals surface area contributed by atoms with Crippen molar-refractivity contribution >= 4 is 5.97 Å². The van der Waals surface area contributed by atoms with Gasteiger partial charge in [0.1, 0.15) is 0 Å². The van der Waals surface area contributed by atoms with Gasteiger partial charge in [0.2, 0.25) is 0 Å². The van der Waals surface area contributed by atoms with Crippen molar-refractivity contribution in [3.05, 3.63) is 58.7 Å². The first-order chi connectivity index (χ1) is 14.3. The Hall–Kier alpha value is -2.27. The van der Waals surface area contributed by atoms with Crippen LogP contribution in [0.15, 0.2) is 30.6 Å². The Morgan fingerprint density at radius 2 is 1.77 bits per heavy atom. The van der Waals surface area contributed by atoms with Gasteiger partial charge in [-0.15, -0.1) is 0 Å². The molecular formula is C25H37N3O2. The molecule has 5 nitrogen and oxygen atoms in total. The van der Waals surface area contributed by atoms with Gasteiger partial charge in [-0.25, -0.2) is 0 Å². The molecule has 0 aliphatic heterocycles. The van der Waals surface area contributed by atoms with E-state index >= 15 is 0 Å².